The van der Waals surface area contributed by atoms with Gasteiger partial charge in [-0.05, 0) is 17.7 Å². The molecule has 2 N–H and O–H groups in total. The number of nitrogens with zero attached hydrogens (tertiary/aromatic N) is 2. The third kappa shape index (κ3) is 5.67. The minimum Gasteiger partial charge on any atom is -0.482 e. The number of hydrogen-bond acceptors (Lipinski definition) is 6. The van der Waals surface area contributed by atoms with Crippen LogP contribution in [0.1, 0.15) is 5.56 Å². The van der Waals surface area contributed by atoms with E-state index in [1.807, 2.05) is 17.0 Å². The lowest BCUT2D eigenvalue weighted by atomic mass is 10.1. The van der Waals surface area contributed by atoms with Gasteiger partial charge in [-0.1, -0.05) is 12.1 Å². The van der Waals surface area contributed by atoms with Gasteiger partial charge in [0.1, 0.15) is 5.75 Å². The maximum absolute atomic E-state index is 12.0. The molecule has 1 saturated heterocycles. The summed E-state index contributed by atoms with van der Waals surface area (Å²) in [5, 5.41) is 18.7. The van der Waals surface area contributed by atoms with Gasteiger partial charge in [0.15, 0.2) is 6.61 Å². The fourth-order valence-corrected chi connectivity index (χ4v) is 3.92. The summed E-state index contributed by atoms with van der Waals surface area (Å²) >= 11 is 0. The highest BCUT2D eigenvalue weighted by Gasteiger charge is 2.35. The van der Waals surface area contributed by atoms with Crippen molar-refractivity contribution in [1.82, 2.24) is 9.21 Å². The fourth-order valence-electron chi connectivity index (χ4n) is 2.75. The van der Waals surface area contributed by atoms with Gasteiger partial charge in [0, 0.05) is 39.6 Å². The summed E-state index contributed by atoms with van der Waals surface area (Å²) in [7, 11) is -0.371. The lowest BCUT2D eigenvalue weighted by molar-refractivity contribution is -0.139. The lowest BCUT2D eigenvalue weighted by Gasteiger charge is -2.18. The number of carboxylic acid groups (broad SMARTS) is 1. The number of rotatable bonds is 8. The number of β-amino-alcohol motifs (C(OH)–C–C–N with tert-alkyl or cyclic N) is 1. The molecule has 0 radical (unpaired) electrons. The number of benzene rings is 1. The standard InChI is InChI=1S/C16H24N2O6S/c1-17(2)25(22,23)11-13-8-18(9-15(13)19)7-12-3-5-14(6-4-12)24-10-16(20)21/h3-6,13,15,19H,7-11H2,1-2H3,(H,20,21)/t13-,15+/m0/s1. The molecule has 0 aromatic heterocycles. The molecule has 1 aromatic carbocycles. The van der Waals surface area contributed by atoms with E-state index in [1.54, 1.807) is 12.1 Å². The van der Waals surface area contributed by atoms with Crippen LogP contribution >= 0.6 is 0 Å². The number of carboxylic acids is 1. The van der Waals surface area contributed by atoms with Crippen molar-refractivity contribution in [3.63, 3.8) is 0 Å². The fraction of sp³-hybridized carbons (Fsp3) is 0.562. The van der Waals surface area contributed by atoms with Crippen LogP contribution in [0.4, 0.5) is 0 Å². The van der Waals surface area contributed by atoms with Gasteiger partial charge < -0.3 is 14.9 Å². The van der Waals surface area contributed by atoms with Crippen LogP contribution in [0.2, 0.25) is 0 Å². The Morgan fingerprint density at radius 1 is 1.28 bits per heavy atom. The second-order valence-corrected chi connectivity index (χ2v) is 8.64. The molecule has 0 spiro atoms. The molecule has 140 valence electrons. The molecule has 9 heteroatoms. The van der Waals surface area contributed by atoms with Gasteiger partial charge in [0.05, 0.1) is 11.9 Å². The van der Waals surface area contributed by atoms with Gasteiger partial charge in [-0.3, -0.25) is 4.90 Å². The quantitative estimate of drug-likeness (QED) is 0.652. The monoisotopic (exact) mass is 372 g/mol. The van der Waals surface area contributed by atoms with E-state index in [9.17, 15) is 18.3 Å². The SMILES string of the molecule is CN(C)S(=O)(=O)C[C@@H]1CN(Cc2ccc(OCC(=O)O)cc2)C[C@H]1O. The van der Waals surface area contributed by atoms with Crippen LogP contribution in [-0.2, 0) is 21.4 Å². The van der Waals surface area contributed by atoms with Crippen molar-refractivity contribution in [3.8, 4) is 5.75 Å². The Hall–Kier alpha value is -1.68. The van der Waals surface area contributed by atoms with E-state index in [1.165, 1.54) is 18.4 Å². The van der Waals surface area contributed by atoms with Crippen LogP contribution in [0.25, 0.3) is 0 Å². The summed E-state index contributed by atoms with van der Waals surface area (Å²) in [6, 6.07) is 7.04. The number of aliphatic hydroxyl groups is 1. The Kier molecular flexibility index (Phi) is 6.39. The molecule has 1 aromatic rings. The Balaban J connectivity index is 1.90. The normalized spacial score (nSPS) is 21.6. The lowest BCUT2D eigenvalue weighted by Crippen LogP contribution is -2.33. The summed E-state index contributed by atoms with van der Waals surface area (Å²) in [5.74, 6) is -0.943. The van der Waals surface area contributed by atoms with Crippen molar-refractivity contribution >= 4 is 16.0 Å². The molecule has 1 aliphatic heterocycles. The maximum Gasteiger partial charge on any atom is 0.341 e. The highest BCUT2D eigenvalue weighted by molar-refractivity contribution is 7.89. The van der Waals surface area contributed by atoms with Crippen LogP contribution in [0.15, 0.2) is 24.3 Å². The maximum atomic E-state index is 12.0. The van der Waals surface area contributed by atoms with E-state index in [0.29, 0.717) is 25.4 Å². The van der Waals surface area contributed by atoms with E-state index in [2.05, 4.69) is 0 Å². The van der Waals surface area contributed by atoms with Crippen molar-refractivity contribution in [2.75, 3.05) is 39.5 Å². The summed E-state index contributed by atoms with van der Waals surface area (Å²) in [5.41, 5.74) is 0.978. The zero-order valence-corrected chi connectivity index (χ0v) is 15.1. The second-order valence-electron chi connectivity index (χ2n) is 6.41. The predicted molar refractivity (Wildman–Crippen MR) is 91.8 cm³/mol. The number of hydrogen-bond donors (Lipinski definition) is 2. The molecule has 25 heavy (non-hydrogen) atoms. The van der Waals surface area contributed by atoms with Crippen LogP contribution in [0.3, 0.4) is 0 Å². The number of aliphatic hydroxyl groups excluding tert-OH is 1. The van der Waals surface area contributed by atoms with Gasteiger partial charge >= 0.3 is 5.97 Å². The molecule has 0 aliphatic carbocycles. The number of carbonyl (C=O) groups is 1. The Morgan fingerprint density at radius 3 is 2.48 bits per heavy atom. The van der Waals surface area contributed by atoms with E-state index in [-0.39, 0.29) is 18.3 Å². The average Bonchev–Trinajstić information content (AvgIpc) is 2.85. The molecule has 2 rings (SSSR count). The van der Waals surface area contributed by atoms with E-state index < -0.39 is 22.1 Å². The molecular weight excluding hydrogens is 348 g/mol. The third-order valence-corrected chi connectivity index (χ3v) is 6.12. The summed E-state index contributed by atoms with van der Waals surface area (Å²) < 4.78 is 30.2. The molecule has 0 saturated carbocycles. The van der Waals surface area contributed by atoms with Crippen molar-refractivity contribution in [1.29, 1.82) is 0 Å². The third-order valence-electron chi connectivity index (χ3n) is 4.15. The van der Waals surface area contributed by atoms with Gasteiger partial charge in [0.25, 0.3) is 0 Å². The Labute approximate surface area is 147 Å². The van der Waals surface area contributed by atoms with Gasteiger partial charge in [-0.15, -0.1) is 0 Å². The number of sulfonamides is 1. The molecule has 0 bridgehead atoms. The molecule has 8 nitrogen and oxygen atoms in total. The van der Waals surface area contributed by atoms with Crippen LogP contribution in [0.5, 0.6) is 5.75 Å². The Morgan fingerprint density at radius 2 is 1.92 bits per heavy atom. The van der Waals surface area contributed by atoms with Gasteiger partial charge in [-0.25, -0.2) is 17.5 Å². The first-order valence-corrected chi connectivity index (χ1v) is 9.52. The van der Waals surface area contributed by atoms with Gasteiger partial charge in [0.2, 0.25) is 10.0 Å². The number of likely N-dealkylation sites (tertiary alicyclic amines) is 1. The van der Waals surface area contributed by atoms with Gasteiger partial charge in [-0.2, -0.15) is 0 Å². The average molecular weight is 372 g/mol. The molecule has 1 aliphatic rings. The van der Waals surface area contributed by atoms with E-state index in [0.717, 1.165) is 5.56 Å². The minimum absolute atomic E-state index is 0.0698. The van der Waals surface area contributed by atoms with Crippen LogP contribution < -0.4 is 4.74 Å². The molecule has 1 fully saturated rings. The highest BCUT2D eigenvalue weighted by atomic mass is 32.2. The van der Waals surface area contributed by atoms with Crippen molar-refractivity contribution in [3.05, 3.63) is 29.8 Å². The smallest absolute Gasteiger partial charge is 0.341 e. The van der Waals surface area contributed by atoms with Crippen LogP contribution in [-0.4, -0.2) is 79.5 Å². The molecule has 0 amide bonds. The highest BCUT2D eigenvalue weighted by Crippen LogP contribution is 2.22. The van der Waals surface area contributed by atoms with Crippen molar-refractivity contribution in [2.24, 2.45) is 5.92 Å². The topological polar surface area (TPSA) is 107 Å². The van der Waals surface area contributed by atoms with E-state index >= 15 is 0 Å². The van der Waals surface area contributed by atoms with Crippen molar-refractivity contribution in [2.45, 2.75) is 12.6 Å². The summed E-state index contributed by atoms with van der Waals surface area (Å²) in [4.78, 5) is 12.5. The largest absolute Gasteiger partial charge is 0.482 e. The Bertz CT molecular complexity index is 689. The first kappa shape index (κ1) is 19.6. The van der Waals surface area contributed by atoms with Crippen molar-refractivity contribution < 1.29 is 28.2 Å². The number of ether oxygens (including phenoxy) is 1. The molecule has 1 heterocycles. The predicted octanol–water partition coefficient (Wildman–Crippen LogP) is -0.166. The first-order valence-electron chi connectivity index (χ1n) is 7.91. The molecule has 2 atom stereocenters. The second kappa shape index (κ2) is 8.13. The summed E-state index contributed by atoms with van der Waals surface area (Å²) in [6.45, 7) is 1.12. The van der Waals surface area contributed by atoms with E-state index in [4.69, 9.17) is 9.84 Å². The number of aliphatic carboxylic acids is 1. The first-order chi connectivity index (χ1) is 11.7. The molecular formula is C16H24N2O6S. The van der Waals surface area contributed by atoms with Crippen LogP contribution in [0, 0.1) is 5.92 Å². The minimum atomic E-state index is -3.35. The summed E-state index contributed by atoms with van der Waals surface area (Å²) in [6.07, 6.45) is -0.673. The zero-order chi connectivity index (χ0) is 18.6. The zero-order valence-electron chi connectivity index (χ0n) is 14.3. The molecule has 0 unspecified atom stereocenters.